The van der Waals surface area contributed by atoms with Crippen LogP contribution in [0.4, 0.5) is 5.69 Å². The Balaban J connectivity index is 1.43. The largest absolute Gasteiger partial charge is 0.459 e. The molecule has 7 heteroatoms. The Morgan fingerprint density at radius 2 is 1.85 bits per heavy atom. The summed E-state index contributed by atoms with van der Waals surface area (Å²) in [6, 6.07) is 16.6. The Morgan fingerprint density at radius 3 is 2.59 bits per heavy atom. The van der Waals surface area contributed by atoms with Crippen molar-refractivity contribution in [2.45, 2.75) is 40.3 Å². The number of aromatic nitrogens is 1. The fraction of sp³-hybridized carbons (Fsp3) is 0.259. The maximum atomic E-state index is 12.8. The van der Waals surface area contributed by atoms with Gasteiger partial charge in [0.1, 0.15) is 5.76 Å². The lowest BCUT2D eigenvalue weighted by molar-refractivity contribution is 0.0707. The van der Waals surface area contributed by atoms with Gasteiger partial charge in [-0.05, 0) is 79.9 Å². The van der Waals surface area contributed by atoms with Gasteiger partial charge in [0.15, 0.2) is 11.5 Å². The highest BCUT2D eigenvalue weighted by Gasteiger charge is 2.19. The van der Waals surface area contributed by atoms with E-state index in [9.17, 15) is 9.59 Å². The monoisotopic (exact) mass is 459 g/mol. The first kappa shape index (κ1) is 23.2. The summed E-state index contributed by atoms with van der Waals surface area (Å²) in [5.41, 5.74) is 3.98. The van der Waals surface area contributed by atoms with Gasteiger partial charge in [0.05, 0.1) is 19.4 Å². The summed E-state index contributed by atoms with van der Waals surface area (Å²) in [5.74, 6) is 0.810. The number of anilines is 1. The average molecular weight is 460 g/mol. The first-order valence-electron chi connectivity index (χ1n) is 11.4. The summed E-state index contributed by atoms with van der Waals surface area (Å²) < 4.78 is 13.1. The highest BCUT2D eigenvalue weighted by atomic mass is 16.4. The van der Waals surface area contributed by atoms with Gasteiger partial charge in [-0.3, -0.25) is 9.59 Å². The third-order valence-electron chi connectivity index (χ3n) is 5.77. The van der Waals surface area contributed by atoms with Gasteiger partial charge in [0.25, 0.3) is 11.8 Å². The van der Waals surface area contributed by atoms with Crippen LogP contribution < -0.4 is 5.32 Å². The van der Waals surface area contributed by atoms with Gasteiger partial charge in [-0.2, -0.15) is 0 Å². The van der Waals surface area contributed by atoms with Gasteiger partial charge in [-0.25, -0.2) is 0 Å². The lowest BCUT2D eigenvalue weighted by Crippen LogP contribution is -2.31. The van der Waals surface area contributed by atoms with Crippen LogP contribution in [0.1, 0.15) is 57.0 Å². The normalized spacial score (nSPS) is 10.9. The number of carbonyl (C=O) groups is 2. The molecule has 0 bridgehead atoms. The van der Waals surface area contributed by atoms with Crippen LogP contribution in [0, 0.1) is 13.8 Å². The van der Waals surface area contributed by atoms with E-state index in [1.165, 1.54) is 11.8 Å². The molecule has 3 heterocycles. The molecule has 4 aromatic rings. The van der Waals surface area contributed by atoms with Crippen molar-refractivity contribution in [3.63, 3.8) is 0 Å². The van der Waals surface area contributed by atoms with Crippen LogP contribution in [0.25, 0.3) is 0 Å². The molecule has 176 valence electrons. The minimum atomic E-state index is -0.291. The number of hydrogen-bond donors (Lipinski definition) is 1. The Bertz CT molecular complexity index is 1270. The number of benzene rings is 1. The fourth-order valence-corrected chi connectivity index (χ4v) is 3.79. The first-order valence-corrected chi connectivity index (χ1v) is 11.4. The third kappa shape index (κ3) is 5.31. The van der Waals surface area contributed by atoms with E-state index in [-0.39, 0.29) is 17.6 Å². The zero-order valence-corrected chi connectivity index (χ0v) is 19.7. The predicted octanol–water partition coefficient (Wildman–Crippen LogP) is 5.64. The topological polar surface area (TPSA) is 80.6 Å². The summed E-state index contributed by atoms with van der Waals surface area (Å²) in [5, 5.41) is 2.88. The Labute approximate surface area is 199 Å². The molecule has 1 N–H and O–H groups in total. The first-order chi connectivity index (χ1) is 16.4. The summed E-state index contributed by atoms with van der Waals surface area (Å²) in [7, 11) is 0. The molecule has 34 heavy (non-hydrogen) atoms. The quantitative estimate of drug-likeness (QED) is 0.351. The van der Waals surface area contributed by atoms with Crippen molar-refractivity contribution in [2.75, 3.05) is 11.9 Å². The smallest absolute Gasteiger partial charge is 0.291 e. The van der Waals surface area contributed by atoms with Crippen LogP contribution in [-0.2, 0) is 13.1 Å². The van der Waals surface area contributed by atoms with Crippen LogP contribution in [0.3, 0.4) is 0 Å². The third-order valence-corrected chi connectivity index (χ3v) is 5.77. The van der Waals surface area contributed by atoms with Crippen LogP contribution in [0.15, 0.2) is 75.9 Å². The van der Waals surface area contributed by atoms with Crippen LogP contribution >= 0.6 is 0 Å². The van der Waals surface area contributed by atoms with E-state index >= 15 is 0 Å². The van der Waals surface area contributed by atoms with E-state index in [0.29, 0.717) is 31.2 Å². The molecule has 0 saturated carbocycles. The van der Waals surface area contributed by atoms with Crippen LogP contribution in [-0.4, -0.2) is 27.8 Å². The zero-order valence-electron chi connectivity index (χ0n) is 19.7. The van der Waals surface area contributed by atoms with Gasteiger partial charge in [0, 0.05) is 24.1 Å². The van der Waals surface area contributed by atoms with E-state index < -0.39 is 0 Å². The molecule has 0 aliphatic rings. The maximum Gasteiger partial charge on any atom is 0.291 e. The Hall–Kier alpha value is -4.00. The highest BCUT2D eigenvalue weighted by Crippen LogP contribution is 2.18. The average Bonchev–Trinajstić information content (AvgIpc) is 3.59. The van der Waals surface area contributed by atoms with Crippen molar-refractivity contribution >= 4 is 17.5 Å². The molecule has 0 fully saturated rings. The zero-order chi connectivity index (χ0) is 24.1. The molecule has 0 saturated heterocycles. The highest BCUT2D eigenvalue weighted by molar-refractivity contribution is 6.02. The minimum absolute atomic E-state index is 0.136. The lowest BCUT2D eigenvalue weighted by Gasteiger charge is -2.22. The molecular weight excluding hydrogens is 430 g/mol. The number of nitrogens with zero attached hydrogens (tertiary/aromatic N) is 2. The summed E-state index contributed by atoms with van der Waals surface area (Å²) in [6.45, 7) is 7.59. The number of furan rings is 2. The lowest BCUT2D eigenvalue weighted by atomic mass is 10.1. The van der Waals surface area contributed by atoms with Crippen molar-refractivity contribution < 1.29 is 18.4 Å². The van der Waals surface area contributed by atoms with Gasteiger partial charge >= 0.3 is 0 Å². The number of carbonyl (C=O) groups excluding carboxylic acids is 2. The summed E-state index contributed by atoms with van der Waals surface area (Å²) in [6.07, 6.45) is 4.28. The molecule has 3 aromatic heterocycles. The van der Waals surface area contributed by atoms with Crippen LogP contribution in [0.2, 0.25) is 0 Å². The van der Waals surface area contributed by atoms with Crippen molar-refractivity contribution in [2.24, 2.45) is 0 Å². The molecule has 0 spiro atoms. The van der Waals surface area contributed by atoms with E-state index in [2.05, 4.69) is 5.32 Å². The molecule has 0 radical (unpaired) electrons. The standard InChI is InChI=1S/C27H29N3O4/c1-4-13-30(27(32)25-8-6-15-33-25)17-22-7-5-14-29(22)18-23-11-12-24(34-23)26(31)28-21-10-9-19(2)20(3)16-21/h5-12,14-16H,4,13,17-18H2,1-3H3,(H,28,31). The minimum Gasteiger partial charge on any atom is -0.459 e. The molecule has 4 rings (SSSR count). The van der Waals surface area contributed by atoms with E-state index in [1.807, 2.05) is 61.9 Å². The number of hydrogen-bond acceptors (Lipinski definition) is 4. The van der Waals surface area contributed by atoms with E-state index in [4.69, 9.17) is 8.83 Å². The second-order valence-electron chi connectivity index (χ2n) is 8.35. The van der Waals surface area contributed by atoms with Gasteiger partial charge in [-0.15, -0.1) is 0 Å². The second-order valence-corrected chi connectivity index (χ2v) is 8.35. The summed E-state index contributed by atoms with van der Waals surface area (Å²) >= 11 is 0. The van der Waals surface area contributed by atoms with Gasteiger partial charge < -0.3 is 23.6 Å². The molecule has 2 amide bonds. The number of amides is 2. The SMILES string of the molecule is CCCN(Cc1cccn1Cc1ccc(C(=O)Nc2ccc(C)c(C)c2)o1)C(=O)c1ccco1. The Morgan fingerprint density at radius 1 is 1.00 bits per heavy atom. The molecule has 7 nitrogen and oxygen atoms in total. The second kappa shape index (κ2) is 10.3. The van der Waals surface area contributed by atoms with Crippen molar-refractivity contribution in [3.05, 3.63) is 101 Å². The predicted molar refractivity (Wildman–Crippen MR) is 130 cm³/mol. The number of nitrogens with one attached hydrogen (secondary N) is 1. The molecule has 0 aliphatic heterocycles. The molecule has 0 unspecified atom stereocenters. The summed E-state index contributed by atoms with van der Waals surface area (Å²) in [4.78, 5) is 27.2. The van der Waals surface area contributed by atoms with Crippen molar-refractivity contribution in [1.82, 2.24) is 9.47 Å². The van der Waals surface area contributed by atoms with Gasteiger partial charge in [0.2, 0.25) is 0 Å². The molecular formula is C27H29N3O4. The van der Waals surface area contributed by atoms with E-state index in [1.54, 1.807) is 29.2 Å². The van der Waals surface area contributed by atoms with Gasteiger partial charge in [-0.1, -0.05) is 13.0 Å². The number of aryl methyl sites for hydroxylation is 2. The fourth-order valence-electron chi connectivity index (χ4n) is 3.79. The number of rotatable bonds is 9. The van der Waals surface area contributed by atoms with Crippen molar-refractivity contribution in [3.8, 4) is 0 Å². The maximum absolute atomic E-state index is 12.8. The van der Waals surface area contributed by atoms with Crippen LogP contribution in [0.5, 0.6) is 0 Å². The molecule has 0 atom stereocenters. The molecule has 0 aliphatic carbocycles. The van der Waals surface area contributed by atoms with E-state index in [0.717, 1.165) is 23.4 Å². The van der Waals surface area contributed by atoms with Crippen molar-refractivity contribution in [1.29, 1.82) is 0 Å². The molecule has 1 aromatic carbocycles. The Kier molecular flexibility index (Phi) is 7.01.